The van der Waals surface area contributed by atoms with Crippen LogP contribution in [0, 0.1) is 11.8 Å². The van der Waals surface area contributed by atoms with E-state index in [-0.39, 0.29) is 89.8 Å². The number of allylic oxidation sites excluding steroid dienone is 1. The summed E-state index contributed by atoms with van der Waals surface area (Å²) in [6, 6.07) is 42.9. The first-order valence-corrected chi connectivity index (χ1v) is 45.6. The predicted molar refractivity (Wildman–Crippen MR) is 410 cm³/mol. The van der Waals surface area contributed by atoms with Gasteiger partial charge in [0, 0.05) is 37.3 Å². The van der Waals surface area contributed by atoms with Crippen molar-refractivity contribution in [3.63, 3.8) is 0 Å². The zero-order valence-corrected chi connectivity index (χ0v) is 66.1. The van der Waals surface area contributed by atoms with Crippen molar-refractivity contribution in [1.82, 2.24) is 0 Å². The minimum Gasteiger partial charge on any atom is -0.414 e. The Balaban J connectivity index is 0.000000500. The molecule has 0 aromatic heterocycles. The molecule has 2 heterocycles. The largest absolute Gasteiger partial charge is 0.534 e. The molecule has 8 atom stereocenters. The molecule has 4 aromatic carbocycles. The Labute approximate surface area is 591 Å². The summed E-state index contributed by atoms with van der Waals surface area (Å²) in [5.41, 5.74) is -3.33. The van der Waals surface area contributed by atoms with Crippen LogP contribution in [0.5, 0.6) is 0 Å². The highest BCUT2D eigenvalue weighted by Crippen LogP contribution is 2.44. The molecule has 10 nitrogen and oxygen atoms in total. The number of ether oxygens (including phenoxy) is 2. The predicted octanol–water partition coefficient (Wildman–Crippen LogP) is 19.7. The van der Waals surface area contributed by atoms with Crippen molar-refractivity contribution in [3.05, 3.63) is 158 Å². The monoisotopic (exact) mass is 1440 g/mol. The number of hydrogen-bond donors (Lipinski definition) is 0. The molecular weight excluding hydrogens is 1310 g/mol. The molecule has 0 spiro atoms. The molecule has 2 aliphatic rings. The normalized spacial score (nSPS) is 19.0. The standard InChI is InChI=1S/C39H59F3O6SSi2.C38H60O4Si2.2CH4/c1-29(31(3)47-49(43,44)39(40,41)42)27-33(48-50(10,11)37(4,5)6)24-25-36-30(2)28-32(46-36)19-18-26-45-51(38(7,8)9,34-20-14-12-15-21-34)35-22-16-13-17-23-35;1-29(31(3)39)27-33(42-43(10,11)37(4,5)6)24-25-36-30(2)28-32(41-36)19-18-26-40-44(38(7,8)9,34-20-14-12-15-21-34)35-22-16-13-17-23-35;;/h12-17,20-23,29,32-33,36H,2-3,18-19,24-28H2,1,4-11H3;12-17,20-23,29,32-33,36H,2,18-19,24-28H2,1,3-11H3;2*1H4/t2*29?,32?,33-,36?;;/m00../s1. The van der Waals surface area contributed by atoms with Crippen LogP contribution in [0.1, 0.15) is 196 Å². The fraction of sp³-hybridized carbons (Fsp3) is 0.608. The van der Waals surface area contributed by atoms with Crippen LogP contribution < -0.4 is 20.7 Å². The molecule has 546 valence electrons. The van der Waals surface area contributed by atoms with Crippen LogP contribution in [0.3, 0.4) is 0 Å². The zero-order chi connectivity index (χ0) is 71.2. The van der Waals surface area contributed by atoms with Crippen LogP contribution in [0.25, 0.3) is 0 Å². The van der Waals surface area contributed by atoms with Crippen LogP contribution in [0.2, 0.25) is 46.3 Å². The first kappa shape index (κ1) is 87.2. The van der Waals surface area contributed by atoms with E-state index in [1.54, 1.807) is 13.8 Å². The molecule has 0 radical (unpaired) electrons. The number of carbonyl (C=O) groups excluding carboxylic acids is 1. The summed E-state index contributed by atoms with van der Waals surface area (Å²) < 4.78 is 107. The summed E-state index contributed by atoms with van der Waals surface area (Å²) in [4.78, 5) is 12.1. The molecule has 4 aromatic rings. The minimum absolute atomic E-state index is 0. The first-order valence-electron chi connectivity index (χ1n) is 34.6. The molecule has 97 heavy (non-hydrogen) atoms. The second-order valence-corrected chi connectivity index (χ2v) is 51.7. The van der Waals surface area contributed by atoms with Crippen molar-refractivity contribution in [1.29, 1.82) is 0 Å². The topological polar surface area (TPSA) is 116 Å². The van der Waals surface area contributed by atoms with E-state index in [1.165, 1.54) is 26.3 Å². The van der Waals surface area contributed by atoms with Crippen molar-refractivity contribution in [2.24, 2.45) is 11.8 Å². The maximum atomic E-state index is 13.0. The Morgan fingerprint density at radius 2 is 0.825 bits per heavy atom. The van der Waals surface area contributed by atoms with Crippen LogP contribution in [0.4, 0.5) is 13.2 Å². The van der Waals surface area contributed by atoms with Gasteiger partial charge in [0.1, 0.15) is 11.5 Å². The van der Waals surface area contributed by atoms with Crippen molar-refractivity contribution in [3.8, 4) is 0 Å². The SMILES string of the molecule is C.C.C=C(OS(=O)(=O)C(F)(F)F)C(C)C[C@H](CCC1OC(CCCO[Si](c2ccccc2)(c2ccccc2)C(C)(C)C)CC1=C)O[Si](C)(C)C(C)(C)C.C=C1CC(CCCO[Si](c2ccccc2)(c2ccccc2)C(C)(C)C)OC1CC[C@@H](CC(C)C(C)=O)O[Si](C)(C)C(C)(C)C. The van der Waals surface area contributed by atoms with E-state index in [0.29, 0.717) is 26.1 Å². The van der Waals surface area contributed by atoms with Crippen LogP contribution in [-0.2, 0) is 46.3 Å². The Hall–Kier alpha value is -4.06. The maximum absolute atomic E-state index is 13.0. The van der Waals surface area contributed by atoms with E-state index in [4.69, 9.17) is 27.2 Å². The molecule has 2 saturated heterocycles. The average molecular weight is 1440 g/mol. The van der Waals surface area contributed by atoms with Gasteiger partial charge in [-0.1, -0.05) is 253 Å². The highest BCUT2D eigenvalue weighted by molar-refractivity contribution is 7.87. The molecule has 0 bridgehead atoms. The lowest BCUT2D eigenvalue weighted by Crippen LogP contribution is -2.66. The molecule has 0 amide bonds. The lowest BCUT2D eigenvalue weighted by Gasteiger charge is -2.43. The van der Waals surface area contributed by atoms with Crippen LogP contribution in [-0.4, -0.2) is 103 Å². The summed E-state index contributed by atoms with van der Waals surface area (Å²) in [5.74, 6) is -0.928. The van der Waals surface area contributed by atoms with Crippen molar-refractivity contribution in [2.45, 2.75) is 284 Å². The number of benzene rings is 4. The third-order valence-corrected chi connectivity index (χ3v) is 40.6. The van der Waals surface area contributed by atoms with Crippen molar-refractivity contribution >= 4 is 69.9 Å². The summed E-state index contributed by atoms with van der Waals surface area (Å²) >= 11 is 0. The fourth-order valence-corrected chi connectivity index (χ4v) is 25.3. The Bertz CT molecular complexity index is 3100. The van der Waals surface area contributed by atoms with Gasteiger partial charge in [0.15, 0.2) is 16.6 Å². The molecule has 2 fully saturated rings. The van der Waals surface area contributed by atoms with E-state index < -0.39 is 60.6 Å². The van der Waals surface area contributed by atoms with Gasteiger partial charge in [-0.15, -0.1) is 0 Å². The Morgan fingerprint density at radius 3 is 1.09 bits per heavy atom. The summed E-state index contributed by atoms with van der Waals surface area (Å²) in [7, 11) is -15.2. The van der Waals surface area contributed by atoms with Gasteiger partial charge in [-0.3, -0.25) is 4.79 Å². The van der Waals surface area contributed by atoms with E-state index >= 15 is 0 Å². The fourth-order valence-electron chi connectivity index (χ4n) is 12.7. The molecular formula is C79H127F3O10SSi4. The number of alkyl halides is 3. The van der Waals surface area contributed by atoms with E-state index in [2.05, 4.69) is 242 Å². The third kappa shape index (κ3) is 23.5. The second-order valence-electron chi connectivity index (χ2n) is 32.0. The Kier molecular flexibility index (Phi) is 32.5. The van der Waals surface area contributed by atoms with Gasteiger partial charge < -0.3 is 31.4 Å². The quantitative estimate of drug-likeness (QED) is 0.0117. The van der Waals surface area contributed by atoms with Gasteiger partial charge in [0.2, 0.25) is 0 Å². The number of Topliss-reactive ketones (excluding diaryl/α,β-unsaturated/α-hetero) is 1. The molecule has 6 rings (SSSR count). The lowest BCUT2D eigenvalue weighted by molar-refractivity contribution is -0.121. The van der Waals surface area contributed by atoms with E-state index in [0.717, 1.165) is 63.4 Å². The maximum Gasteiger partial charge on any atom is 0.534 e. The minimum atomic E-state index is -5.80. The highest BCUT2D eigenvalue weighted by Gasteiger charge is 2.53. The van der Waals surface area contributed by atoms with Gasteiger partial charge in [0.05, 0.1) is 24.4 Å². The number of halogens is 3. The highest BCUT2D eigenvalue weighted by atomic mass is 32.2. The van der Waals surface area contributed by atoms with Gasteiger partial charge in [-0.2, -0.15) is 21.6 Å². The Morgan fingerprint density at radius 1 is 0.526 bits per heavy atom. The van der Waals surface area contributed by atoms with E-state index in [1.807, 2.05) is 19.1 Å². The average Bonchev–Trinajstić information content (AvgIpc) is 1.26. The van der Waals surface area contributed by atoms with Crippen molar-refractivity contribution < 1.29 is 57.7 Å². The van der Waals surface area contributed by atoms with Crippen molar-refractivity contribution in [2.75, 3.05) is 13.2 Å². The second kappa shape index (κ2) is 36.2. The third-order valence-electron chi connectivity index (χ3n) is 20.4. The molecule has 0 saturated carbocycles. The smallest absolute Gasteiger partial charge is 0.414 e. The zero-order valence-electron chi connectivity index (χ0n) is 61.3. The first-order chi connectivity index (χ1) is 43.9. The van der Waals surface area contributed by atoms with E-state index in [9.17, 15) is 26.4 Å². The number of carbonyl (C=O) groups is 1. The lowest BCUT2D eigenvalue weighted by atomic mass is 9.95. The molecule has 0 aliphatic carbocycles. The molecule has 0 N–H and O–H groups in total. The van der Waals surface area contributed by atoms with Gasteiger partial charge in [-0.05, 0) is 162 Å². The van der Waals surface area contributed by atoms with Gasteiger partial charge >= 0.3 is 15.6 Å². The number of hydrogen-bond acceptors (Lipinski definition) is 10. The van der Waals surface area contributed by atoms with Gasteiger partial charge in [0.25, 0.3) is 16.6 Å². The molecule has 6 unspecified atom stereocenters. The summed E-state index contributed by atoms with van der Waals surface area (Å²) in [5, 5.41) is 5.00. The molecule has 2 aliphatic heterocycles. The number of rotatable bonds is 32. The van der Waals surface area contributed by atoms with Crippen LogP contribution >= 0.6 is 0 Å². The summed E-state index contributed by atoms with van der Waals surface area (Å²) in [6.07, 6.45) is 8.90. The molecule has 18 heteroatoms. The summed E-state index contributed by atoms with van der Waals surface area (Å²) in [6.45, 7) is 54.6. The van der Waals surface area contributed by atoms with Crippen LogP contribution in [0.15, 0.2) is 158 Å². The van der Waals surface area contributed by atoms with Gasteiger partial charge in [-0.25, -0.2) is 0 Å². The number of ketones is 1.